The first-order chi connectivity index (χ1) is 15.1. The highest BCUT2D eigenvalue weighted by molar-refractivity contribution is 6.08. The Morgan fingerprint density at radius 3 is 2.03 bits per heavy atom. The lowest BCUT2D eigenvalue weighted by molar-refractivity contribution is -0.119. The number of nitrogens with one attached hydrogen (secondary N) is 1. The van der Waals surface area contributed by atoms with Crippen LogP contribution in [0.2, 0.25) is 0 Å². The van der Waals surface area contributed by atoms with Gasteiger partial charge in [0.25, 0.3) is 0 Å². The molecule has 10 nitrogen and oxygen atoms in total. The number of carbonyl (C=O) groups is 3. The molecule has 1 aliphatic heterocycles. The quantitative estimate of drug-likeness (QED) is 0.461. The van der Waals surface area contributed by atoms with Crippen LogP contribution in [0, 0.1) is 0 Å². The molecule has 0 aliphatic carbocycles. The van der Waals surface area contributed by atoms with E-state index in [1.165, 1.54) is 6.92 Å². The fourth-order valence-electron chi connectivity index (χ4n) is 3.97. The molecule has 10 heteroatoms. The lowest BCUT2D eigenvalue weighted by atomic mass is 10.0. The van der Waals surface area contributed by atoms with Crippen molar-refractivity contribution in [3.63, 3.8) is 0 Å². The summed E-state index contributed by atoms with van der Waals surface area (Å²) in [5.41, 5.74) is -0.0426. The van der Waals surface area contributed by atoms with E-state index in [0.29, 0.717) is 12.2 Å². The molecule has 2 rings (SSSR count). The second-order valence-corrected chi connectivity index (χ2v) is 10.1. The maximum Gasteiger partial charge on any atom is 0.434 e. The van der Waals surface area contributed by atoms with Crippen LogP contribution in [0.25, 0.3) is 0 Å². The average Bonchev–Trinajstić information content (AvgIpc) is 3.06. The number of benzene rings is 1. The van der Waals surface area contributed by atoms with Crippen LogP contribution in [0.15, 0.2) is 29.3 Å². The number of anilines is 2. The summed E-state index contributed by atoms with van der Waals surface area (Å²) in [5.74, 6) is -0.236. The lowest BCUT2D eigenvalue weighted by Crippen LogP contribution is -2.60. The zero-order chi connectivity index (χ0) is 25.1. The van der Waals surface area contributed by atoms with Crippen LogP contribution in [-0.2, 0) is 4.79 Å². The minimum atomic E-state index is -1.48. The third-order valence-electron chi connectivity index (χ3n) is 5.20. The number of amides is 3. The van der Waals surface area contributed by atoms with Gasteiger partial charge in [0.05, 0.1) is 0 Å². The van der Waals surface area contributed by atoms with Gasteiger partial charge in [-0.3, -0.25) is 4.79 Å². The Morgan fingerprint density at radius 2 is 1.61 bits per heavy atom. The van der Waals surface area contributed by atoms with Gasteiger partial charge in [0, 0.05) is 48.5 Å². The SMILES string of the molecule is CC(=O)N[C@@H]1CCN(c2ccc(N(C(=NC(=O)O)N(C(=O)O)C(C)(C)C)C(C)(C)C)cc2)C1. The number of carboxylic acid groups (broad SMARTS) is 2. The van der Waals surface area contributed by atoms with Gasteiger partial charge in [0.15, 0.2) is 0 Å². The zero-order valence-corrected chi connectivity index (χ0v) is 20.4. The largest absolute Gasteiger partial charge is 0.465 e. The third kappa shape index (κ3) is 6.59. The van der Waals surface area contributed by atoms with E-state index < -0.39 is 23.3 Å². The van der Waals surface area contributed by atoms with Crippen molar-refractivity contribution in [1.82, 2.24) is 10.2 Å². The van der Waals surface area contributed by atoms with Gasteiger partial charge >= 0.3 is 12.2 Å². The molecular weight excluding hydrogens is 426 g/mol. The standard InChI is InChI=1S/C23H35N5O5/c1-15(29)24-16-12-13-26(14-16)17-8-10-18(11-9-17)27(22(2,3)4)19(25-20(30)31)28(21(32)33)23(5,6)7/h8-11,16H,12-14H2,1-7H3,(H,24,29)(H,30,31)(H,32,33)/t16-/m1/s1. The van der Waals surface area contributed by atoms with E-state index in [4.69, 9.17) is 0 Å². The Kier molecular flexibility index (Phi) is 7.61. The minimum Gasteiger partial charge on any atom is -0.465 e. The van der Waals surface area contributed by atoms with Gasteiger partial charge in [-0.25, -0.2) is 14.5 Å². The van der Waals surface area contributed by atoms with Gasteiger partial charge in [-0.1, -0.05) is 0 Å². The van der Waals surface area contributed by atoms with Crippen LogP contribution >= 0.6 is 0 Å². The summed E-state index contributed by atoms with van der Waals surface area (Å²) < 4.78 is 0. The van der Waals surface area contributed by atoms with Gasteiger partial charge < -0.3 is 25.3 Å². The number of aliphatic imine (C=N–C) groups is 1. The molecule has 0 radical (unpaired) electrons. The van der Waals surface area contributed by atoms with Crippen molar-refractivity contribution in [2.24, 2.45) is 4.99 Å². The normalized spacial score (nSPS) is 17.0. The van der Waals surface area contributed by atoms with Crippen LogP contribution in [0.3, 0.4) is 0 Å². The predicted octanol–water partition coefficient (Wildman–Crippen LogP) is 3.82. The number of hydrogen-bond acceptors (Lipinski definition) is 4. The van der Waals surface area contributed by atoms with E-state index in [-0.39, 0.29) is 17.9 Å². The zero-order valence-electron chi connectivity index (χ0n) is 20.4. The van der Waals surface area contributed by atoms with Gasteiger partial charge in [-0.2, -0.15) is 0 Å². The van der Waals surface area contributed by atoms with Crippen LogP contribution in [-0.4, -0.2) is 69.4 Å². The first-order valence-electron chi connectivity index (χ1n) is 10.9. The van der Waals surface area contributed by atoms with E-state index in [0.717, 1.165) is 23.6 Å². The smallest absolute Gasteiger partial charge is 0.434 e. The van der Waals surface area contributed by atoms with Crippen molar-refractivity contribution >= 4 is 35.4 Å². The Balaban J connectivity index is 2.46. The summed E-state index contributed by atoms with van der Waals surface area (Å²) in [6.07, 6.45) is -1.92. The first-order valence-corrected chi connectivity index (χ1v) is 10.9. The molecule has 33 heavy (non-hydrogen) atoms. The topological polar surface area (TPSA) is 126 Å². The number of carbonyl (C=O) groups excluding carboxylic acids is 1. The predicted molar refractivity (Wildman–Crippen MR) is 128 cm³/mol. The molecule has 1 atom stereocenters. The van der Waals surface area contributed by atoms with Crippen molar-refractivity contribution in [2.75, 3.05) is 22.9 Å². The van der Waals surface area contributed by atoms with Crippen molar-refractivity contribution < 1.29 is 24.6 Å². The van der Waals surface area contributed by atoms with Crippen LogP contribution in [0.5, 0.6) is 0 Å². The average molecular weight is 462 g/mol. The van der Waals surface area contributed by atoms with Gasteiger partial charge in [0.1, 0.15) is 0 Å². The van der Waals surface area contributed by atoms with E-state index in [1.54, 1.807) is 25.7 Å². The van der Waals surface area contributed by atoms with Crippen molar-refractivity contribution in [2.45, 2.75) is 72.0 Å². The van der Waals surface area contributed by atoms with E-state index in [1.807, 2.05) is 45.0 Å². The van der Waals surface area contributed by atoms with Crippen molar-refractivity contribution in [1.29, 1.82) is 0 Å². The minimum absolute atomic E-state index is 0.0508. The Morgan fingerprint density at radius 1 is 1.03 bits per heavy atom. The first kappa shape index (κ1) is 26.0. The Hall–Kier alpha value is -3.30. The summed E-state index contributed by atoms with van der Waals surface area (Å²) in [6, 6.07) is 7.56. The molecule has 1 aromatic rings. The molecular formula is C23H35N5O5. The lowest BCUT2D eigenvalue weighted by Gasteiger charge is -2.44. The highest BCUT2D eigenvalue weighted by Gasteiger charge is 2.39. The van der Waals surface area contributed by atoms with E-state index in [2.05, 4.69) is 15.2 Å². The number of rotatable bonds is 3. The second kappa shape index (κ2) is 9.68. The molecule has 0 unspecified atom stereocenters. The van der Waals surface area contributed by atoms with E-state index >= 15 is 0 Å². The number of nitrogens with zero attached hydrogens (tertiary/aromatic N) is 4. The van der Waals surface area contributed by atoms with Gasteiger partial charge in [-0.05, 0) is 72.2 Å². The maximum atomic E-state index is 12.2. The van der Waals surface area contributed by atoms with Gasteiger partial charge in [-0.15, -0.1) is 4.99 Å². The molecule has 0 aromatic heterocycles. The molecule has 0 spiro atoms. The van der Waals surface area contributed by atoms with Crippen molar-refractivity contribution in [3.8, 4) is 0 Å². The Bertz CT molecular complexity index is 915. The van der Waals surface area contributed by atoms with Gasteiger partial charge in [0.2, 0.25) is 11.9 Å². The molecule has 182 valence electrons. The highest BCUT2D eigenvalue weighted by Crippen LogP contribution is 2.31. The molecule has 1 aliphatic rings. The second-order valence-electron chi connectivity index (χ2n) is 10.1. The molecule has 3 amide bonds. The monoisotopic (exact) mass is 461 g/mol. The summed E-state index contributed by atoms with van der Waals surface area (Å²) in [4.78, 5) is 43.5. The summed E-state index contributed by atoms with van der Waals surface area (Å²) in [7, 11) is 0. The fraction of sp³-hybridized carbons (Fsp3) is 0.565. The summed E-state index contributed by atoms with van der Waals surface area (Å²) >= 11 is 0. The number of hydrogen-bond donors (Lipinski definition) is 3. The van der Waals surface area contributed by atoms with E-state index in [9.17, 15) is 24.6 Å². The third-order valence-corrected chi connectivity index (χ3v) is 5.20. The molecule has 0 saturated carbocycles. The molecule has 1 aromatic carbocycles. The maximum absolute atomic E-state index is 12.2. The van der Waals surface area contributed by atoms with Crippen LogP contribution in [0.4, 0.5) is 21.0 Å². The molecule has 3 N–H and O–H groups in total. The molecule has 1 fully saturated rings. The number of guanidine groups is 1. The molecule has 1 saturated heterocycles. The summed E-state index contributed by atoms with van der Waals surface area (Å²) in [5, 5.41) is 22.3. The van der Waals surface area contributed by atoms with Crippen molar-refractivity contribution in [3.05, 3.63) is 24.3 Å². The fourth-order valence-corrected chi connectivity index (χ4v) is 3.97. The van der Waals surface area contributed by atoms with Crippen LogP contribution < -0.4 is 15.1 Å². The summed E-state index contributed by atoms with van der Waals surface area (Å²) in [6.45, 7) is 13.6. The van der Waals surface area contributed by atoms with Crippen LogP contribution in [0.1, 0.15) is 54.9 Å². The molecule has 0 bridgehead atoms. The molecule has 1 heterocycles. The highest BCUT2D eigenvalue weighted by atomic mass is 16.4. The Labute approximate surface area is 194 Å².